The minimum absolute atomic E-state index is 0.0350. The predicted octanol–water partition coefficient (Wildman–Crippen LogP) is 3.44. The number of rotatable bonds is 10. The highest BCUT2D eigenvalue weighted by Crippen LogP contribution is 2.31. The number of hydrogen-bond donors (Lipinski definition) is 1. The van der Waals surface area contributed by atoms with E-state index in [-0.39, 0.29) is 18.0 Å². The number of aryl methyl sites for hydroxylation is 3. The summed E-state index contributed by atoms with van der Waals surface area (Å²) in [5.41, 5.74) is 3.91. The maximum Gasteiger partial charge on any atom is 0.308 e. The summed E-state index contributed by atoms with van der Waals surface area (Å²) in [5, 5.41) is 19.9. The van der Waals surface area contributed by atoms with Crippen molar-refractivity contribution in [3.63, 3.8) is 0 Å². The second-order valence-corrected chi connectivity index (χ2v) is 9.14. The lowest BCUT2D eigenvalue weighted by Gasteiger charge is -2.28. The van der Waals surface area contributed by atoms with Gasteiger partial charge in [-0.2, -0.15) is 5.10 Å². The Labute approximate surface area is 211 Å². The molecule has 0 amide bonds. The summed E-state index contributed by atoms with van der Waals surface area (Å²) in [5.74, 6) is 0.913. The highest BCUT2D eigenvalue weighted by atomic mass is 16.5. The molecule has 0 aliphatic heterocycles. The van der Waals surface area contributed by atoms with Gasteiger partial charge in [0.25, 0.3) is 0 Å². The summed E-state index contributed by atoms with van der Waals surface area (Å²) >= 11 is 0. The molecule has 11 nitrogen and oxygen atoms in total. The number of carbonyl (C=O) groups is 1. The molecule has 0 aromatic carbocycles. The lowest BCUT2D eigenvalue weighted by Crippen LogP contribution is -2.30. The largest absolute Gasteiger partial charge is 0.489 e. The van der Waals surface area contributed by atoms with Gasteiger partial charge in [-0.1, -0.05) is 18.6 Å². The molecule has 0 unspecified atom stereocenters. The van der Waals surface area contributed by atoms with Crippen LogP contribution in [0.25, 0.3) is 11.4 Å². The first-order valence-electron chi connectivity index (χ1n) is 12.5. The van der Waals surface area contributed by atoms with E-state index in [1.54, 1.807) is 10.9 Å². The number of hydrogen-bond acceptors (Lipinski definition) is 10. The van der Waals surface area contributed by atoms with Crippen LogP contribution in [0.2, 0.25) is 0 Å². The van der Waals surface area contributed by atoms with Crippen LogP contribution < -0.4 is 10.1 Å². The van der Waals surface area contributed by atoms with Gasteiger partial charge in [0.2, 0.25) is 5.95 Å². The van der Waals surface area contributed by atoms with Gasteiger partial charge in [-0.15, -0.1) is 10.2 Å². The van der Waals surface area contributed by atoms with E-state index in [1.807, 2.05) is 26.1 Å². The van der Waals surface area contributed by atoms with E-state index in [0.717, 1.165) is 55.6 Å². The highest BCUT2D eigenvalue weighted by Gasteiger charge is 2.29. The Balaban J connectivity index is 1.44. The summed E-state index contributed by atoms with van der Waals surface area (Å²) < 4.78 is 12.9. The molecule has 0 spiro atoms. The molecule has 3 heterocycles. The van der Waals surface area contributed by atoms with Crippen molar-refractivity contribution < 1.29 is 14.3 Å². The molecule has 4 rings (SSSR count). The Morgan fingerprint density at radius 1 is 1.22 bits per heavy atom. The third-order valence-electron chi connectivity index (χ3n) is 6.49. The molecule has 0 bridgehead atoms. The number of unbranched alkanes of at least 4 members (excludes halogenated alkanes) is 1. The Hall–Kier alpha value is -3.63. The molecule has 3 aromatic rings. The number of methoxy groups -OCH3 is 1. The smallest absolute Gasteiger partial charge is 0.308 e. The monoisotopic (exact) mass is 494 g/mol. The van der Waals surface area contributed by atoms with Gasteiger partial charge in [-0.3, -0.25) is 4.79 Å². The Bertz CT molecular complexity index is 1180. The van der Waals surface area contributed by atoms with Gasteiger partial charge in [-0.05, 0) is 57.6 Å². The lowest BCUT2D eigenvalue weighted by molar-refractivity contribution is -0.147. The van der Waals surface area contributed by atoms with E-state index in [9.17, 15) is 4.79 Å². The van der Waals surface area contributed by atoms with Crippen LogP contribution in [0.4, 0.5) is 5.95 Å². The van der Waals surface area contributed by atoms with E-state index >= 15 is 0 Å². The molecule has 1 aliphatic rings. The van der Waals surface area contributed by atoms with Gasteiger partial charge in [-0.25, -0.2) is 14.6 Å². The third-order valence-corrected chi connectivity index (χ3v) is 6.49. The van der Waals surface area contributed by atoms with Gasteiger partial charge in [0.05, 0.1) is 54.6 Å². The maximum absolute atomic E-state index is 11.9. The SMILES string of the molecule is CCCCc1cnnc(NCc2c(-c3ccc(O[C@H]4CCC[C@H](C(=O)OC)C4)c(C)n3)nnn2C)n1. The molecule has 0 saturated heterocycles. The van der Waals surface area contributed by atoms with Crippen molar-refractivity contribution >= 4 is 11.9 Å². The number of ether oxygens (including phenoxy) is 2. The predicted molar refractivity (Wildman–Crippen MR) is 133 cm³/mol. The van der Waals surface area contributed by atoms with Gasteiger partial charge in [0, 0.05) is 7.05 Å². The number of nitrogens with zero attached hydrogens (tertiary/aromatic N) is 7. The standard InChI is InChI=1S/C25H34N8O3/c1-5-6-9-18-14-27-31-25(29-18)26-15-21-23(30-32-33(21)3)20-11-12-22(16(2)28-20)36-19-10-7-8-17(13-19)24(34)35-4/h11-12,14,17,19H,5-10,13,15H2,1-4H3,(H,26,29,31)/t17-,19-/m0/s1. The molecule has 0 radical (unpaired) electrons. The molecule has 11 heteroatoms. The summed E-state index contributed by atoms with van der Waals surface area (Å²) in [6.45, 7) is 4.48. The van der Waals surface area contributed by atoms with Crippen LogP contribution >= 0.6 is 0 Å². The Kier molecular flexibility index (Phi) is 8.40. The molecule has 1 fully saturated rings. The molecule has 192 valence electrons. The van der Waals surface area contributed by atoms with Crippen molar-refractivity contribution in [2.75, 3.05) is 12.4 Å². The number of carbonyl (C=O) groups excluding carboxylic acids is 1. The fourth-order valence-electron chi connectivity index (χ4n) is 4.44. The van der Waals surface area contributed by atoms with Gasteiger partial charge in [0.15, 0.2) is 0 Å². The fourth-order valence-corrected chi connectivity index (χ4v) is 4.44. The van der Waals surface area contributed by atoms with Crippen molar-refractivity contribution in [3.8, 4) is 17.1 Å². The molecule has 1 aliphatic carbocycles. The zero-order valence-corrected chi connectivity index (χ0v) is 21.4. The van der Waals surface area contributed by atoms with Crippen LogP contribution in [-0.4, -0.2) is 54.3 Å². The van der Waals surface area contributed by atoms with Crippen molar-refractivity contribution in [1.29, 1.82) is 0 Å². The average molecular weight is 495 g/mol. The number of anilines is 1. The van der Waals surface area contributed by atoms with Crippen molar-refractivity contribution in [1.82, 2.24) is 35.2 Å². The summed E-state index contributed by atoms with van der Waals surface area (Å²) in [6.07, 6.45) is 8.05. The maximum atomic E-state index is 11.9. The molecular formula is C25H34N8O3. The average Bonchev–Trinajstić information content (AvgIpc) is 3.27. The van der Waals surface area contributed by atoms with E-state index in [1.165, 1.54) is 7.11 Å². The van der Waals surface area contributed by atoms with Crippen LogP contribution in [0, 0.1) is 12.8 Å². The first kappa shape index (κ1) is 25.5. The quantitative estimate of drug-likeness (QED) is 0.418. The van der Waals surface area contributed by atoms with Crippen LogP contribution in [0.3, 0.4) is 0 Å². The highest BCUT2D eigenvalue weighted by molar-refractivity contribution is 5.72. The summed E-state index contributed by atoms with van der Waals surface area (Å²) in [6, 6.07) is 3.80. The summed E-state index contributed by atoms with van der Waals surface area (Å²) in [4.78, 5) is 21.2. The van der Waals surface area contributed by atoms with Gasteiger partial charge >= 0.3 is 5.97 Å². The fraction of sp³-hybridized carbons (Fsp3) is 0.560. The third kappa shape index (κ3) is 6.13. The lowest BCUT2D eigenvalue weighted by atomic mass is 9.87. The molecule has 1 saturated carbocycles. The zero-order valence-electron chi connectivity index (χ0n) is 21.4. The normalized spacial score (nSPS) is 17.6. The van der Waals surface area contributed by atoms with Crippen LogP contribution in [-0.2, 0) is 29.5 Å². The number of nitrogens with one attached hydrogen (secondary N) is 1. The van der Waals surface area contributed by atoms with E-state index in [0.29, 0.717) is 36.1 Å². The zero-order chi connectivity index (χ0) is 25.5. The van der Waals surface area contributed by atoms with Gasteiger partial charge < -0.3 is 14.8 Å². The molecule has 1 N–H and O–H groups in total. The number of pyridine rings is 1. The summed E-state index contributed by atoms with van der Waals surface area (Å²) in [7, 11) is 3.28. The number of esters is 1. The van der Waals surface area contributed by atoms with Gasteiger partial charge in [0.1, 0.15) is 11.4 Å². The molecular weight excluding hydrogens is 460 g/mol. The van der Waals surface area contributed by atoms with E-state index in [2.05, 4.69) is 37.7 Å². The molecule has 3 aromatic heterocycles. The Morgan fingerprint density at radius 3 is 2.86 bits per heavy atom. The van der Waals surface area contributed by atoms with Crippen molar-refractivity contribution in [3.05, 3.63) is 35.4 Å². The van der Waals surface area contributed by atoms with E-state index in [4.69, 9.17) is 14.5 Å². The number of aromatic nitrogens is 7. The van der Waals surface area contributed by atoms with Crippen LogP contribution in [0.5, 0.6) is 5.75 Å². The van der Waals surface area contributed by atoms with Crippen LogP contribution in [0.1, 0.15) is 62.5 Å². The second kappa shape index (κ2) is 11.9. The molecule has 36 heavy (non-hydrogen) atoms. The van der Waals surface area contributed by atoms with Crippen molar-refractivity contribution in [2.24, 2.45) is 13.0 Å². The first-order valence-corrected chi connectivity index (χ1v) is 12.5. The minimum atomic E-state index is -0.161. The molecule has 2 atom stereocenters. The van der Waals surface area contributed by atoms with E-state index < -0.39 is 0 Å². The van der Waals surface area contributed by atoms with Crippen LogP contribution in [0.15, 0.2) is 18.3 Å². The first-order chi connectivity index (χ1) is 17.5. The topological polar surface area (TPSA) is 130 Å². The minimum Gasteiger partial charge on any atom is -0.489 e. The Morgan fingerprint density at radius 2 is 2.08 bits per heavy atom. The van der Waals surface area contributed by atoms with Crippen molar-refractivity contribution in [2.45, 2.75) is 71.4 Å². The second-order valence-electron chi connectivity index (χ2n) is 9.14.